The van der Waals surface area contributed by atoms with Crippen LogP contribution in [0.25, 0.3) is 0 Å². The van der Waals surface area contributed by atoms with Crippen LogP contribution in [0.15, 0.2) is 36.5 Å². The largest absolute Gasteiger partial charge is 0.465 e. The highest BCUT2D eigenvalue weighted by Crippen LogP contribution is 2.25. The maximum Gasteiger partial charge on any atom is 0.407 e. The smallest absolute Gasteiger partial charge is 0.407 e. The molecular weight excluding hydrogens is 417 g/mol. The summed E-state index contributed by atoms with van der Waals surface area (Å²) in [6, 6.07) is 7.44. The van der Waals surface area contributed by atoms with Crippen molar-refractivity contribution in [2.75, 3.05) is 44.0 Å². The van der Waals surface area contributed by atoms with Gasteiger partial charge >= 0.3 is 12.1 Å². The summed E-state index contributed by atoms with van der Waals surface area (Å²) in [5.74, 6) is -0.550. The second-order valence-corrected chi connectivity index (χ2v) is 8.16. The lowest BCUT2D eigenvalue weighted by Gasteiger charge is -2.47. The fraction of sp³-hybridized carbons (Fsp3) is 0.409. The molecule has 3 amide bonds. The van der Waals surface area contributed by atoms with Gasteiger partial charge in [0.05, 0.1) is 29.7 Å². The van der Waals surface area contributed by atoms with Gasteiger partial charge in [-0.15, -0.1) is 0 Å². The molecule has 0 aliphatic carbocycles. The van der Waals surface area contributed by atoms with E-state index < -0.39 is 23.5 Å². The van der Waals surface area contributed by atoms with E-state index in [0.29, 0.717) is 31.9 Å². The predicted octanol–water partition coefficient (Wildman–Crippen LogP) is 3.37. The summed E-state index contributed by atoms with van der Waals surface area (Å²) in [6.07, 6.45) is 0.544. The topological polar surface area (TPSA) is 107 Å². The first-order valence-electron chi connectivity index (χ1n) is 10.2. The summed E-state index contributed by atoms with van der Waals surface area (Å²) >= 11 is 0. The van der Waals surface area contributed by atoms with Crippen molar-refractivity contribution >= 4 is 23.5 Å². The van der Waals surface area contributed by atoms with Crippen LogP contribution in [-0.2, 0) is 11.3 Å². The Morgan fingerprint density at radius 2 is 2.03 bits per heavy atom. The molecule has 2 heterocycles. The average Bonchev–Trinajstić information content (AvgIpc) is 2.72. The van der Waals surface area contributed by atoms with E-state index >= 15 is 0 Å². The van der Waals surface area contributed by atoms with Crippen LogP contribution in [-0.4, -0.2) is 70.9 Å². The van der Waals surface area contributed by atoms with Crippen molar-refractivity contribution in [3.8, 4) is 0 Å². The number of nitrogens with zero attached hydrogens (tertiary/aromatic N) is 3. The monoisotopic (exact) mass is 445 g/mol. The number of aromatic nitrogens is 1. The molecule has 0 bridgehead atoms. The fourth-order valence-electron chi connectivity index (χ4n) is 3.90. The minimum atomic E-state index is -0.979. The number of methoxy groups -OCH3 is 1. The van der Waals surface area contributed by atoms with Gasteiger partial charge < -0.3 is 20.5 Å². The lowest BCUT2D eigenvalue weighted by Crippen LogP contribution is -2.64. The van der Waals surface area contributed by atoms with Crippen LogP contribution < -0.4 is 10.6 Å². The van der Waals surface area contributed by atoms with Crippen LogP contribution in [0.2, 0.25) is 0 Å². The van der Waals surface area contributed by atoms with Crippen LogP contribution in [0.1, 0.15) is 18.2 Å². The van der Waals surface area contributed by atoms with E-state index in [0.717, 1.165) is 11.3 Å². The minimum absolute atomic E-state index is 0.0592. The number of hydrogen-bond acceptors (Lipinski definition) is 5. The van der Waals surface area contributed by atoms with Gasteiger partial charge in [0, 0.05) is 39.0 Å². The molecule has 172 valence electrons. The molecule has 3 N–H and O–H groups in total. The van der Waals surface area contributed by atoms with Gasteiger partial charge in [-0.3, -0.25) is 14.8 Å². The zero-order valence-corrected chi connectivity index (χ0v) is 18.4. The maximum atomic E-state index is 14.3. The van der Waals surface area contributed by atoms with E-state index in [-0.39, 0.29) is 12.3 Å². The zero-order chi connectivity index (χ0) is 23.3. The number of piperazine rings is 1. The van der Waals surface area contributed by atoms with Crippen LogP contribution in [0.4, 0.5) is 25.4 Å². The van der Waals surface area contributed by atoms with Crippen LogP contribution in [0, 0.1) is 12.7 Å². The highest BCUT2D eigenvalue weighted by molar-refractivity contribution is 5.99. The molecule has 2 aromatic rings. The predicted molar refractivity (Wildman–Crippen MR) is 118 cm³/mol. The van der Waals surface area contributed by atoms with E-state index in [1.807, 2.05) is 13.8 Å². The number of hydrogen-bond donors (Lipinski definition) is 3. The number of pyridine rings is 1. The van der Waals surface area contributed by atoms with Crippen LogP contribution in [0.5, 0.6) is 0 Å². The molecule has 1 aliphatic heterocycles. The number of anilines is 2. The van der Waals surface area contributed by atoms with E-state index in [1.54, 1.807) is 31.4 Å². The Bertz CT molecular complexity index is 971. The summed E-state index contributed by atoms with van der Waals surface area (Å²) in [5.41, 5.74) is 1.48. The molecule has 0 spiro atoms. The first kappa shape index (κ1) is 23.4. The van der Waals surface area contributed by atoms with E-state index in [4.69, 9.17) is 4.74 Å². The number of aryl methyl sites for hydroxylation is 1. The minimum Gasteiger partial charge on any atom is -0.465 e. The Morgan fingerprint density at radius 1 is 1.25 bits per heavy atom. The van der Waals surface area contributed by atoms with Crippen molar-refractivity contribution in [1.82, 2.24) is 14.8 Å². The van der Waals surface area contributed by atoms with Crippen molar-refractivity contribution in [2.45, 2.75) is 25.9 Å². The third-order valence-electron chi connectivity index (χ3n) is 5.40. The number of halogens is 1. The van der Waals surface area contributed by atoms with Crippen molar-refractivity contribution in [2.24, 2.45) is 0 Å². The maximum absolute atomic E-state index is 14.3. The molecule has 32 heavy (non-hydrogen) atoms. The van der Waals surface area contributed by atoms with Crippen molar-refractivity contribution in [3.05, 3.63) is 53.6 Å². The summed E-state index contributed by atoms with van der Waals surface area (Å²) < 4.78 is 19.6. The number of benzene rings is 1. The molecule has 3 rings (SSSR count). The second kappa shape index (κ2) is 9.92. The van der Waals surface area contributed by atoms with Crippen molar-refractivity contribution in [1.29, 1.82) is 0 Å². The van der Waals surface area contributed by atoms with E-state index in [9.17, 15) is 19.1 Å². The Balaban J connectivity index is 1.67. The number of ether oxygens (including phenoxy) is 1. The van der Waals surface area contributed by atoms with Gasteiger partial charge in [-0.05, 0) is 43.7 Å². The first-order chi connectivity index (χ1) is 15.2. The number of carbonyl (C=O) groups is 2. The van der Waals surface area contributed by atoms with Crippen molar-refractivity contribution in [3.63, 3.8) is 0 Å². The Hall–Kier alpha value is -3.24. The molecule has 10 heteroatoms. The Labute approximate surface area is 186 Å². The first-order valence-corrected chi connectivity index (χ1v) is 10.2. The zero-order valence-electron chi connectivity index (χ0n) is 18.4. The van der Waals surface area contributed by atoms with Gasteiger partial charge in [0.1, 0.15) is 5.82 Å². The van der Waals surface area contributed by atoms with Gasteiger partial charge in [0.2, 0.25) is 0 Å². The number of amides is 3. The number of carbonyl (C=O) groups excluding carboxylic acids is 1. The Kier molecular flexibility index (Phi) is 7.26. The third-order valence-corrected chi connectivity index (χ3v) is 5.40. The van der Waals surface area contributed by atoms with Crippen LogP contribution in [0.3, 0.4) is 0 Å². The molecule has 1 aromatic carbocycles. The van der Waals surface area contributed by atoms with Crippen molar-refractivity contribution < 1.29 is 23.8 Å². The van der Waals surface area contributed by atoms with Gasteiger partial charge in [0.25, 0.3) is 0 Å². The molecule has 0 unspecified atom stereocenters. The molecule has 1 fully saturated rings. The molecule has 0 radical (unpaired) electrons. The lowest BCUT2D eigenvalue weighted by atomic mass is 9.97. The van der Waals surface area contributed by atoms with Gasteiger partial charge in [-0.1, -0.05) is 6.07 Å². The molecular formula is C22H28FN5O4. The normalized spacial score (nSPS) is 18.9. The quantitative estimate of drug-likeness (QED) is 0.629. The molecule has 9 nitrogen and oxygen atoms in total. The van der Waals surface area contributed by atoms with Crippen LogP contribution >= 0.6 is 0 Å². The summed E-state index contributed by atoms with van der Waals surface area (Å²) in [4.78, 5) is 31.5. The molecule has 1 aliphatic rings. The van der Waals surface area contributed by atoms with Gasteiger partial charge in [0.15, 0.2) is 0 Å². The van der Waals surface area contributed by atoms with E-state index in [1.165, 1.54) is 17.2 Å². The number of carboxylic acid groups (broad SMARTS) is 1. The second-order valence-electron chi connectivity index (χ2n) is 8.16. The highest BCUT2D eigenvalue weighted by atomic mass is 19.1. The molecule has 1 saturated heterocycles. The standard InChI is InChI=1S/C22H28FN5O4/c1-15-4-6-17(11-24-15)25-20(29)26-19-10-16(5-7-18(19)23)12-27-8-9-28(21(30)31)22(2,13-27)14-32-3/h4-7,10-11H,8-9,12-14H2,1-3H3,(H,30,31)(H2,25,26,29)/t22-/m1/s1. The Morgan fingerprint density at radius 3 is 2.69 bits per heavy atom. The number of urea groups is 1. The lowest BCUT2D eigenvalue weighted by molar-refractivity contribution is -0.0283. The average molecular weight is 445 g/mol. The molecule has 1 atom stereocenters. The summed E-state index contributed by atoms with van der Waals surface area (Å²) in [6.45, 7) is 5.77. The highest BCUT2D eigenvalue weighted by Gasteiger charge is 2.40. The summed E-state index contributed by atoms with van der Waals surface area (Å²) in [5, 5.41) is 14.7. The van der Waals surface area contributed by atoms with Gasteiger partial charge in [-0.2, -0.15) is 0 Å². The number of rotatable bonds is 6. The van der Waals surface area contributed by atoms with Gasteiger partial charge in [-0.25, -0.2) is 14.0 Å². The fourth-order valence-corrected chi connectivity index (χ4v) is 3.90. The molecule has 0 saturated carbocycles. The summed E-state index contributed by atoms with van der Waals surface area (Å²) in [7, 11) is 1.54. The van der Waals surface area contributed by atoms with E-state index in [2.05, 4.69) is 20.5 Å². The number of nitrogens with one attached hydrogen (secondary N) is 2. The SMILES string of the molecule is COC[C@@]1(C)CN(Cc2ccc(F)c(NC(=O)Nc3ccc(C)nc3)c2)CCN1C(=O)O. The third kappa shape index (κ3) is 5.71. The molecule has 1 aromatic heterocycles.